The fraction of sp³-hybridized carbons (Fsp3) is 0.0769. The number of nitrogens with one attached hydrogen (secondary N) is 1. The van der Waals surface area contributed by atoms with Crippen LogP contribution in [0.4, 0.5) is 5.69 Å². The molecule has 2 rings (SSSR count). The minimum Gasteiger partial charge on any atom is -0.477 e. The Labute approximate surface area is 137 Å². The van der Waals surface area contributed by atoms with Crippen LogP contribution in [0.2, 0.25) is 0 Å². The molecule has 0 atom stereocenters. The number of anilines is 1. The second-order valence-corrected chi connectivity index (χ2v) is 6.89. The fourth-order valence-corrected chi connectivity index (χ4v) is 3.60. The molecule has 2 N–H and O–H groups in total. The zero-order valence-electron chi connectivity index (χ0n) is 10.1. The standard InChI is InChI=1S/C13H10INO3S2/c14-9-3-1-2-4-10(9)15-12(16)7-19-8-5-11(13(17)18)20-6-8/h1-6H,7H2,(H,15,16)(H,17,18). The number of para-hydroxylation sites is 1. The number of thioether (sulfide) groups is 1. The summed E-state index contributed by atoms with van der Waals surface area (Å²) in [5, 5.41) is 13.4. The molecule has 0 bridgehead atoms. The van der Waals surface area contributed by atoms with Crippen LogP contribution < -0.4 is 5.32 Å². The topological polar surface area (TPSA) is 66.4 Å². The third-order valence-corrected chi connectivity index (χ3v) is 5.29. The summed E-state index contributed by atoms with van der Waals surface area (Å²) in [6, 6.07) is 9.11. The maximum absolute atomic E-state index is 11.8. The average molecular weight is 419 g/mol. The van der Waals surface area contributed by atoms with E-state index < -0.39 is 5.97 Å². The van der Waals surface area contributed by atoms with Crippen LogP contribution in [0.5, 0.6) is 0 Å². The Morgan fingerprint density at radius 3 is 2.75 bits per heavy atom. The second-order valence-electron chi connectivity index (χ2n) is 3.77. The lowest BCUT2D eigenvalue weighted by atomic mass is 10.3. The quantitative estimate of drug-likeness (QED) is 0.572. The number of carboxylic acids is 1. The van der Waals surface area contributed by atoms with Gasteiger partial charge in [-0.1, -0.05) is 12.1 Å². The van der Waals surface area contributed by atoms with Crippen molar-refractivity contribution in [2.24, 2.45) is 0 Å². The summed E-state index contributed by atoms with van der Waals surface area (Å²) in [6.45, 7) is 0. The van der Waals surface area contributed by atoms with E-state index >= 15 is 0 Å². The summed E-state index contributed by atoms with van der Waals surface area (Å²) in [4.78, 5) is 23.7. The van der Waals surface area contributed by atoms with E-state index in [9.17, 15) is 9.59 Å². The number of hydrogen-bond donors (Lipinski definition) is 2. The van der Waals surface area contributed by atoms with Gasteiger partial charge in [0, 0.05) is 13.8 Å². The summed E-state index contributed by atoms with van der Waals surface area (Å²) in [6.07, 6.45) is 0. The fourth-order valence-electron chi connectivity index (χ4n) is 1.40. The van der Waals surface area contributed by atoms with E-state index in [-0.39, 0.29) is 16.5 Å². The highest BCUT2D eigenvalue weighted by Crippen LogP contribution is 2.25. The predicted octanol–water partition coefficient (Wildman–Crippen LogP) is 3.78. The van der Waals surface area contributed by atoms with E-state index in [1.807, 2.05) is 24.3 Å². The maximum Gasteiger partial charge on any atom is 0.345 e. The number of benzene rings is 1. The molecule has 20 heavy (non-hydrogen) atoms. The number of rotatable bonds is 5. The van der Waals surface area contributed by atoms with Crippen molar-refractivity contribution in [3.05, 3.63) is 44.2 Å². The zero-order chi connectivity index (χ0) is 14.5. The largest absolute Gasteiger partial charge is 0.477 e. The van der Waals surface area contributed by atoms with Gasteiger partial charge in [-0.15, -0.1) is 23.1 Å². The Balaban J connectivity index is 1.89. The Bertz CT molecular complexity index is 642. The smallest absolute Gasteiger partial charge is 0.345 e. The molecule has 0 unspecified atom stereocenters. The first-order valence-corrected chi connectivity index (χ1v) is 8.49. The summed E-state index contributed by atoms with van der Waals surface area (Å²) >= 11 is 4.65. The van der Waals surface area contributed by atoms with Gasteiger partial charge in [0.25, 0.3) is 0 Å². The number of halogens is 1. The maximum atomic E-state index is 11.8. The summed E-state index contributed by atoms with van der Waals surface area (Å²) in [5.41, 5.74) is 0.787. The molecule has 0 saturated carbocycles. The predicted molar refractivity (Wildman–Crippen MR) is 89.8 cm³/mol. The number of carbonyl (C=O) groups excluding carboxylic acids is 1. The lowest BCUT2D eigenvalue weighted by molar-refractivity contribution is -0.113. The average Bonchev–Trinajstić information content (AvgIpc) is 2.88. The normalized spacial score (nSPS) is 10.2. The van der Waals surface area contributed by atoms with Crippen LogP contribution in [0.3, 0.4) is 0 Å². The van der Waals surface area contributed by atoms with Gasteiger partial charge in [0.15, 0.2) is 0 Å². The van der Waals surface area contributed by atoms with Gasteiger partial charge in [0.1, 0.15) is 4.88 Å². The minimum absolute atomic E-state index is 0.109. The SMILES string of the molecule is O=C(CSc1csc(C(=O)O)c1)Nc1ccccc1I. The van der Waals surface area contributed by atoms with Gasteiger partial charge >= 0.3 is 5.97 Å². The van der Waals surface area contributed by atoms with Gasteiger partial charge in [-0.05, 0) is 40.8 Å². The third kappa shape index (κ3) is 4.22. The molecule has 104 valence electrons. The van der Waals surface area contributed by atoms with Crippen molar-refractivity contribution in [3.63, 3.8) is 0 Å². The van der Waals surface area contributed by atoms with Crippen molar-refractivity contribution >= 4 is 63.3 Å². The molecule has 7 heteroatoms. The van der Waals surface area contributed by atoms with Gasteiger partial charge in [-0.25, -0.2) is 4.79 Å². The van der Waals surface area contributed by atoms with E-state index in [1.54, 1.807) is 11.4 Å². The van der Waals surface area contributed by atoms with E-state index in [1.165, 1.54) is 11.8 Å². The van der Waals surface area contributed by atoms with Crippen LogP contribution in [0.1, 0.15) is 9.67 Å². The van der Waals surface area contributed by atoms with Crippen LogP contribution in [0.25, 0.3) is 0 Å². The first kappa shape index (κ1) is 15.3. The Hall–Kier alpha value is -1.06. The van der Waals surface area contributed by atoms with Crippen molar-refractivity contribution in [2.75, 3.05) is 11.1 Å². The lowest BCUT2D eigenvalue weighted by Gasteiger charge is -2.06. The lowest BCUT2D eigenvalue weighted by Crippen LogP contribution is -2.14. The molecule has 1 amide bonds. The van der Waals surface area contributed by atoms with Gasteiger partial charge in [-0.2, -0.15) is 0 Å². The number of thiophene rings is 1. The number of amides is 1. The van der Waals surface area contributed by atoms with Crippen LogP contribution in [-0.4, -0.2) is 22.7 Å². The first-order chi connectivity index (χ1) is 9.56. The number of carboxylic acid groups (broad SMARTS) is 1. The molecule has 0 saturated heterocycles. The second kappa shape index (κ2) is 7.09. The molecule has 0 aliphatic heterocycles. The van der Waals surface area contributed by atoms with Crippen molar-refractivity contribution in [1.29, 1.82) is 0 Å². The van der Waals surface area contributed by atoms with E-state index in [4.69, 9.17) is 5.11 Å². The Morgan fingerprint density at radius 1 is 1.35 bits per heavy atom. The molecule has 0 fully saturated rings. The van der Waals surface area contributed by atoms with Crippen molar-refractivity contribution in [3.8, 4) is 0 Å². The van der Waals surface area contributed by atoms with Crippen LogP contribution in [0, 0.1) is 3.57 Å². The zero-order valence-corrected chi connectivity index (χ0v) is 13.9. The third-order valence-electron chi connectivity index (χ3n) is 2.30. The molecule has 1 heterocycles. The van der Waals surface area contributed by atoms with Crippen LogP contribution in [-0.2, 0) is 4.79 Å². The van der Waals surface area contributed by atoms with Crippen LogP contribution >= 0.6 is 45.7 Å². The van der Waals surface area contributed by atoms with Gasteiger partial charge in [0.05, 0.1) is 11.4 Å². The molecule has 0 radical (unpaired) electrons. The summed E-state index contributed by atoms with van der Waals surface area (Å²) in [5.74, 6) is -0.798. The first-order valence-electron chi connectivity index (χ1n) is 5.55. The van der Waals surface area contributed by atoms with E-state index in [0.717, 1.165) is 25.5 Å². The molecular formula is C13H10INO3S2. The van der Waals surface area contributed by atoms with Crippen molar-refractivity contribution in [2.45, 2.75) is 4.90 Å². The molecule has 2 aromatic rings. The summed E-state index contributed by atoms with van der Waals surface area (Å²) < 4.78 is 0.979. The summed E-state index contributed by atoms with van der Waals surface area (Å²) in [7, 11) is 0. The Kier molecular flexibility index (Phi) is 5.44. The molecule has 1 aromatic carbocycles. The molecular weight excluding hydrogens is 409 g/mol. The minimum atomic E-state index is -0.940. The highest BCUT2D eigenvalue weighted by atomic mass is 127. The molecule has 0 aliphatic carbocycles. The van der Waals surface area contributed by atoms with Crippen molar-refractivity contribution < 1.29 is 14.7 Å². The molecule has 0 aliphatic rings. The molecule has 1 aromatic heterocycles. The van der Waals surface area contributed by atoms with E-state index in [0.29, 0.717) is 0 Å². The van der Waals surface area contributed by atoms with Crippen LogP contribution in [0.15, 0.2) is 40.6 Å². The number of carbonyl (C=O) groups is 2. The molecule has 0 spiro atoms. The number of hydrogen-bond acceptors (Lipinski definition) is 4. The van der Waals surface area contributed by atoms with Gasteiger partial charge in [0.2, 0.25) is 5.91 Å². The van der Waals surface area contributed by atoms with Gasteiger partial charge < -0.3 is 10.4 Å². The molecule has 4 nitrogen and oxygen atoms in total. The van der Waals surface area contributed by atoms with Gasteiger partial charge in [-0.3, -0.25) is 4.79 Å². The highest BCUT2D eigenvalue weighted by molar-refractivity contribution is 14.1. The number of aromatic carboxylic acids is 1. The monoisotopic (exact) mass is 419 g/mol. The van der Waals surface area contributed by atoms with Crippen molar-refractivity contribution in [1.82, 2.24) is 0 Å². The Morgan fingerprint density at radius 2 is 2.10 bits per heavy atom. The highest BCUT2D eigenvalue weighted by Gasteiger charge is 2.09. The van der Waals surface area contributed by atoms with E-state index in [2.05, 4.69) is 27.9 Å².